The van der Waals surface area contributed by atoms with Gasteiger partial charge in [-0.25, -0.2) is 0 Å². The van der Waals surface area contributed by atoms with Gasteiger partial charge in [-0.05, 0) is 13.0 Å². The highest BCUT2D eigenvalue weighted by Gasteiger charge is 2.43. The molecule has 1 aliphatic rings. The van der Waals surface area contributed by atoms with Crippen molar-refractivity contribution in [2.45, 2.75) is 31.3 Å². The summed E-state index contributed by atoms with van der Waals surface area (Å²) in [6.45, 7) is 1.32. The summed E-state index contributed by atoms with van der Waals surface area (Å²) in [5, 5.41) is 28.4. The monoisotopic (exact) mass is 241 g/mol. The van der Waals surface area contributed by atoms with Crippen LogP contribution in [0.2, 0.25) is 0 Å². The molecule has 1 saturated heterocycles. The average Bonchev–Trinajstić information content (AvgIpc) is 2.57. The predicted molar refractivity (Wildman–Crippen MR) is 58.5 cm³/mol. The van der Waals surface area contributed by atoms with Crippen LogP contribution < -0.4 is 5.56 Å². The summed E-state index contributed by atoms with van der Waals surface area (Å²) in [4.78, 5) is 13.7. The second-order valence-electron chi connectivity index (χ2n) is 4.16. The summed E-state index contributed by atoms with van der Waals surface area (Å²) in [5.74, 6) is 0. The van der Waals surface area contributed by atoms with Crippen LogP contribution in [-0.4, -0.2) is 45.2 Å². The Bertz CT molecular complexity index is 457. The van der Waals surface area contributed by atoms with Gasteiger partial charge in [0.05, 0.1) is 6.61 Å². The number of aliphatic hydroxyl groups excluding tert-OH is 3. The minimum Gasteiger partial charge on any atom is -0.394 e. The van der Waals surface area contributed by atoms with E-state index in [0.717, 1.165) is 0 Å². The Morgan fingerprint density at radius 1 is 1.35 bits per heavy atom. The van der Waals surface area contributed by atoms with Crippen molar-refractivity contribution in [2.24, 2.45) is 0 Å². The van der Waals surface area contributed by atoms with Gasteiger partial charge in [0.15, 0.2) is 0 Å². The molecular formula is C11H15NO5. The molecule has 0 spiro atoms. The van der Waals surface area contributed by atoms with Crippen LogP contribution in [0.25, 0.3) is 0 Å². The second kappa shape index (κ2) is 4.58. The van der Waals surface area contributed by atoms with Crippen molar-refractivity contribution in [3.05, 3.63) is 33.7 Å². The normalized spacial score (nSPS) is 32.9. The van der Waals surface area contributed by atoms with E-state index in [0.29, 0.717) is 11.3 Å². The Labute approximate surface area is 97.5 Å². The summed E-state index contributed by atoms with van der Waals surface area (Å²) in [5.41, 5.74) is 0.942. The van der Waals surface area contributed by atoms with E-state index in [9.17, 15) is 15.0 Å². The molecule has 0 saturated carbocycles. The molecule has 1 aliphatic heterocycles. The van der Waals surface area contributed by atoms with Crippen LogP contribution >= 0.6 is 0 Å². The van der Waals surface area contributed by atoms with Gasteiger partial charge >= 0.3 is 0 Å². The predicted octanol–water partition coefficient (Wildman–Crippen LogP) is -1.16. The Morgan fingerprint density at radius 2 is 2.06 bits per heavy atom. The van der Waals surface area contributed by atoms with E-state index in [1.54, 1.807) is 13.0 Å². The van der Waals surface area contributed by atoms with Gasteiger partial charge < -0.3 is 25.0 Å². The first-order valence-electron chi connectivity index (χ1n) is 5.37. The molecule has 1 aromatic heterocycles. The fourth-order valence-corrected chi connectivity index (χ4v) is 2.05. The lowest BCUT2D eigenvalue weighted by molar-refractivity contribution is -0.0230. The summed E-state index contributed by atoms with van der Waals surface area (Å²) < 4.78 is 5.37. The van der Waals surface area contributed by atoms with Gasteiger partial charge in [0, 0.05) is 17.3 Å². The maximum atomic E-state index is 11.1. The number of hydrogen-bond donors (Lipinski definition) is 4. The number of pyridine rings is 1. The Kier molecular flexibility index (Phi) is 3.30. The molecule has 2 heterocycles. The smallest absolute Gasteiger partial charge is 0.248 e. The fraction of sp³-hybridized carbons (Fsp3) is 0.545. The maximum Gasteiger partial charge on any atom is 0.248 e. The van der Waals surface area contributed by atoms with Gasteiger partial charge in [0.25, 0.3) is 0 Å². The molecule has 94 valence electrons. The second-order valence-corrected chi connectivity index (χ2v) is 4.16. The highest BCUT2D eigenvalue weighted by molar-refractivity contribution is 5.24. The van der Waals surface area contributed by atoms with Gasteiger partial charge in [-0.2, -0.15) is 0 Å². The van der Waals surface area contributed by atoms with E-state index in [2.05, 4.69) is 4.98 Å². The minimum absolute atomic E-state index is 0.238. The highest BCUT2D eigenvalue weighted by Crippen LogP contribution is 2.33. The number of rotatable bonds is 2. The summed E-state index contributed by atoms with van der Waals surface area (Å²) >= 11 is 0. The van der Waals surface area contributed by atoms with E-state index in [4.69, 9.17) is 9.84 Å². The number of hydrogen-bond acceptors (Lipinski definition) is 5. The third-order valence-electron chi connectivity index (χ3n) is 3.01. The third kappa shape index (κ3) is 2.12. The lowest BCUT2D eigenvalue weighted by atomic mass is 10.0. The van der Waals surface area contributed by atoms with Crippen molar-refractivity contribution in [3.8, 4) is 0 Å². The first kappa shape index (κ1) is 12.3. The van der Waals surface area contributed by atoms with Crippen LogP contribution in [0, 0.1) is 6.92 Å². The largest absolute Gasteiger partial charge is 0.394 e. The zero-order valence-electron chi connectivity index (χ0n) is 9.33. The van der Waals surface area contributed by atoms with Crippen LogP contribution in [0.5, 0.6) is 0 Å². The van der Waals surface area contributed by atoms with Crippen molar-refractivity contribution in [2.75, 3.05) is 6.61 Å². The Hall–Kier alpha value is -1.21. The highest BCUT2D eigenvalue weighted by atomic mass is 16.6. The molecule has 4 atom stereocenters. The van der Waals surface area contributed by atoms with Crippen LogP contribution in [0.3, 0.4) is 0 Å². The maximum absolute atomic E-state index is 11.1. The number of aromatic nitrogens is 1. The lowest BCUT2D eigenvalue weighted by Crippen LogP contribution is -2.32. The van der Waals surface area contributed by atoms with Crippen molar-refractivity contribution < 1.29 is 20.1 Å². The molecule has 6 heteroatoms. The molecule has 0 aliphatic carbocycles. The fourth-order valence-electron chi connectivity index (χ4n) is 2.05. The van der Waals surface area contributed by atoms with Crippen LogP contribution in [-0.2, 0) is 4.74 Å². The molecule has 1 unspecified atom stereocenters. The van der Waals surface area contributed by atoms with Crippen LogP contribution in [0.1, 0.15) is 17.4 Å². The van der Waals surface area contributed by atoms with E-state index in [1.165, 1.54) is 6.07 Å². The molecule has 0 aromatic carbocycles. The van der Waals surface area contributed by atoms with Gasteiger partial charge in [0.1, 0.15) is 24.4 Å². The molecule has 4 N–H and O–H groups in total. The van der Waals surface area contributed by atoms with Crippen molar-refractivity contribution in [1.82, 2.24) is 4.98 Å². The van der Waals surface area contributed by atoms with Crippen molar-refractivity contribution in [1.29, 1.82) is 0 Å². The first-order valence-corrected chi connectivity index (χ1v) is 5.37. The van der Waals surface area contributed by atoms with Crippen molar-refractivity contribution >= 4 is 0 Å². The number of nitrogens with one attached hydrogen (secondary N) is 1. The molecule has 17 heavy (non-hydrogen) atoms. The Balaban J connectivity index is 2.32. The topological polar surface area (TPSA) is 103 Å². The molecule has 2 rings (SSSR count). The number of ether oxygens (including phenoxy) is 1. The molecular weight excluding hydrogens is 226 g/mol. The first-order chi connectivity index (χ1) is 8.04. The van der Waals surface area contributed by atoms with E-state index in [1.807, 2.05) is 0 Å². The molecule has 0 radical (unpaired) electrons. The van der Waals surface area contributed by atoms with Gasteiger partial charge in [-0.3, -0.25) is 4.79 Å². The van der Waals surface area contributed by atoms with Gasteiger partial charge in [-0.15, -0.1) is 0 Å². The van der Waals surface area contributed by atoms with Crippen LogP contribution in [0.15, 0.2) is 16.9 Å². The van der Waals surface area contributed by atoms with E-state index >= 15 is 0 Å². The molecule has 6 nitrogen and oxygen atoms in total. The number of aryl methyl sites for hydroxylation is 1. The quantitative estimate of drug-likeness (QED) is 0.523. The SMILES string of the molecule is Cc1[nH]c(=O)ccc1[C@@H]1O[C@H](CO)C(O)[C@@H]1O. The standard InChI is InChI=1S/C11H15NO5/c1-5-6(2-3-8(14)12-5)11-10(16)9(15)7(4-13)17-11/h2-3,7,9-11,13,15-16H,4H2,1H3,(H,12,14)/t7-,9?,10+,11+/m1/s1. The third-order valence-corrected chi connectivity index (χ3v) is 3.01. The molecule has 0 bridgehead atoms. The van der Waals surface area contributed by atoms with Crippen molar-refractivity contribution in [3.63, 3.8) is 0 Å². The molecule has 0 amide bonds. The average molecular weight is 241 g/mol. The summed E-state index contributed by atoms with van der Waals surface area (Å²) in [6, 6.07) is 2.88. The zero-order chi connectivity index (χ0) is 12.6. The van der Waals surface area contributed by atoms with Gasteiger partial charge in [0.2, 0.25) is 5.56 Å². The summed E-state index contributed by atoms with van der Waals surface area (Å²) in [7, 11) is 0. The Morgan fingerprint density at radius 3 is 2.59 bits per heavy atom. The van der Waals surface area contributed by atoms with Gasteiger partial charge in [-0.1, -0.05) is 0 Å². The van der Waals surface area contributed by atoms with E-state index in [-0.39, 0.29) is 12.2 Å². The lowest BCUT2D eigenvalue weighted by Gasteiger charge is -2.16. The number of H-pyrrole nitrogens is 1. The molecule has 1 fully saturated rings. The summed E-state index contributed by atoms with van der Waals surface area (Å²) in [6.07, 6.45) is -3.78. The minimum atomic E-state index is -1.13. The number of aliphatic hydroxyl groups is 3. The van der Waals surface area contributed by atoms with Crippen LogP contribution in [0.4, 0.5) is 0 Å². The van der Waals surface area contributed by atoms with E-state index < -0.39 is 24.4 Å². The molecule has 1 aromatic rings. The zero-order valence-corrected chi connectivity index (χ0v) is 9.33. The number of aromatic amines is 1.